The minimum atomic E-state index is -0.747. The zero-order valence-corrected chi connectivity index (χ0v) is 19.8. The number of aryl methyl sites for hydroxylation is 2. The number of nitrogens with zero attached hydrogens (tertiary/aromatic N) is 1. The summed E-state index contributed by atoms with van der Waals surface area (Å²) in [6.07, 6.45) is 1.55. The minimum Gasteiger partial charge on any atom is -0.503 e. The van der Waals surface area contributed by atoms with Gasteiger partial charge in [0.05, 0.1) is 11.6 Å². The average molecular weight is 469 g/mol. The maximum atomic E-state index is 13.4. The van der Waals surface area contributed by atoms with E-state index >= 15 is 0 Å². The molecular formula is C29H28N2O4. The van der Waals surface area contributed by atoms with Crippen molar-refractivity contribution >= 4 is 29.0 Å². The number of rotatable bonds is 8. The van der Waals surface area contributed by atoms with E-state index in [2.05, 4.69) is 12.2 Å². The summed E-state index contributed by atoms with van der Waals surface area (Å²) in [5, 5.41) is 13.6. The molecule has 0 aliphatic carbocycles. The predicted molar refractivity (Wildman–Crippen MR) is 136 cm³/mol. The molecule has 0 aromatic heterocycles. The standard InChI is InChI=1S/C29H28N2O4/c1-3-20-9-12-22(13-10-20)27-26(25(33)18-11-21-7-5-4-6-8-21)28(34)29(35)31(27)24-16-14-23(15-17-24)30-19(2)32/h4-10,12-17,27,34H,3,11,18H2,1-2H3,(H,30,32). The fourth-order valence-electron chi connectivity index (χ4n) is 4.35. The third-order valence-electron chi connectivity index (χ3n) is 6.16. The molecule has 3 aromatic carbocycles. The van der Waals surface area contributed by atoms with E-state index in [1.807, 2.05) is 54.6 Å². The van der Waals surface area contributed by atoms with Crippen LogP contribution >= 0.6 is 0 Å². The summed E-state index contributed by atoms with van der Waals surface area (Å²) in [6.45, 7) is 3.48. The molecule has 2 amide bonds. The number of carbonyl (C=O) groups excluding carboxylic acids is 3. The zero-order valence-electron chi connectivity index (χ0n) is 19.8. The normalized spacial score (nSPS) is 15.4. The topological polar surface area (TPSA) is 86.7 Å². The second kappa shape index (κ2) is 10.4. The number of amides is 2. The maximum absolute atomic E-state index is 13.4. The van der Waals surface area contributed by atoms with Crippen LogP contribution in [0.25, 0.3) is 0 Å². The minimum absolute atomic E-state index is 0.112. The van der Waals surface area contributed by atoms with E-state index in [0.29, 0.717) is 17.8 Å². The first kappa shape index (κ1) is 24.0. The Balaban J connectivity index is 1.70. The highest BCUT2D eigenvalue weighted by Gasteiger charge is 2.44. The monoisotopic (exact) mass is 468 g/mol. The molecule has 1 atom stereocenters. The van der Waals surface area contributed by atoms with Gasteiger partial charge in [0.15, 0.2) is 11.5 Å². The fraction of sp³-hybridized carbons (Fsp3) is 0.207. The van der Waals surface area contributed by atoms with Crippen molar-refractivity contribution in [1.82, 2.24) is 0 Å². The van der Waals surface area contributed by atoms with Gasteiger partial charge in [0, 0.05) is 24.7 Å². The Hall–Kier alpha value is -4.19. The summed E-state index contributed by atoms with van der Waals surface area (Å²) in [5.41, 5.74) is 4.11. The number of hydrogen-bond donors (Lipinski definition) is 2. The highest BCUT2D eigenvalue weighted by atomic mass is 16.3. The van der Waals surface area contributed by atoms with Gasteiger partial charge in [-0.15, -0.1) is 0 Å². The van der Waals surface area contributed by atoms with E-state index in [4.69, 9.17) is 0 Å². The number of carbonyl (C=O) groups is 3. The molecule has 178 valence electrons. The van der Waals surface area contributed by atoms with E-state index in [1.54, 1.807) is 24.3 Å². The number of aliphatic hydroxyl groups is 1. The molecule has 1 aliphatic heterocycles. The smallest absolute Gasteiger partial charge is 0.294 e. The lowest BCUT2D eigenvalue weighted by Gasteiger charge is -2.27. The van der Waals surface area contributed by atoms with E-state index in [0.717, 1.165) is 23.1 Å². The van der Waals surface area contributed by atoms with Crippen LogP contribution in [0.5, 0.6) is 0 Å². The van der Waals surface area contributed by atoms with Crippen molar-refractivity contribution in [3.63, 3.8) is 0 Å². The third-order valence-corrected chi connectivity index (χ3v) is 6.16. The number of Topliss-reactive ketones (excluding diaryl/α,β-unsaturated/α-hetero) is 1. The molecule has 0 bridgehead atoms. The third kappa shape index (κ3) is 5.17. The van der Waals surface area contributed by atoms with Crippen LogP contribution in [0.1, 0.15) is 43.0 Å². The Labute approximate surface area is 204 Å². The van der Waals surface area contributed by atoms with Gasteiger partial charge in [0.1, 0.15) is 0 Å². The molecule has 6 nitrogen and oxygen atoms in total. The number of aliphatic hydroxyl groups excluding tert-OH is 1. The second-order valence-corrected chi connectivity index (χ2v) is 8.57. The van der Waals surface area contributed by atoms with Crippen molar-refractivity contribution in [1.29, 1.82) is 0 Å². The lowest BCUT2D eigenvalue weighted by Crippen LogP contribution is -2.31. The lowest BCUT2D eigenvalue weighted by atomic mass is 9.92. The van der Waals surface area contributed by atoms with Gasteiger partial charge in [-0.1, -0.05) is 61.5 Å². The predicted octanol–water partition coefficient (Wildman–Crippen LogP) is 5.31. The van der Waals surface area contributed by atoms with Crippen LogP contribution in [0.3, 0.4) is 0 Å². The van der Waals surface area contributed by atoms with E-state index in [-0.39, 0.29) is 23.7 Å². The number of anilines is 2. The maximum Gasteiger partial charge on any atom is 0.294 e. The zero-order chi connectivity index (χ0) is 24.9. The Morgan fingerprint density at radius 1 is 0.914 bits per heavy atom. The Bertz CT molecular complexity index is 1260. The van der Waals surface area contributed by atoms with Crippen LogP contribution in [-0.2, 0) is 27.2 Å². The summed E-state index contributed by atoms with van der Waals surface area (Å²) in [7, 11) is 0. The molecule has 1 heterocycles. The fourth-order valence-corrected chi connectivity index (χ4v) is 4.35. The quantitative estimate of drug-likeness (QED) is 0.469. The molecule has 2 N–H and O–H groups in total. The van der Waals surface area contributed by atoms with E-state index in [9.17, 15) is 19.5 Å². The first-order chi connectivity index (χ1) is 16.9. The number of benzene rings is 3. The Morgan fingerprint density at radius 3 is 2.17 bits per heavy atom. The molecule has 4 rings (SSSR count). The number of hydrogen-bond acceptors (Lipinski definition) is 4. The SMILES string of the molecule is CCc1ccc(C2C(C(=O)CCc3ccccc3)=C(O)C(=O)N2c2ccc(NC(C)=O)cc2)cc1. The summed E-state index contributed by atoms with van der Waals surface area (Å²) in [6, 6.07) is 23.4. The highest BCUT2D eigenvalue weighted by Crippen LogP contribution is 2.41. The van der Waals surface area contributed by atoms with Crippen LogP contribution in [0.2, 0.25) is 0 Å². The first-order valence-corrected chi connectivity index (χ1v) is 11.7. The van der Waals surface area contributed by atoms with Crippen molar-refractivity contribution in [2.24, 2.45) is 0 Å². The summed E-state index contributed by atoms with van der Waals surface area (Å²) in [4.78, 5) is 39.5. The van der Waals surface area contributed by atoms with Crippen LogP contribution in [0.4, 0.5) is 11.4 Å². The first-order valence-electron chi connectivity index (χ1n) is 11.7. The Kier molecular flexibility index (Phi) is 7.11. The molecule has 1 unspecified atom stereocenters. The van der Waals surface area contributed by atoms with Gasteiger partial charge >= 0.3 is 0 Å². The summed E-state index contributed by atoms with van der Waals surface area (Å²) in [5.74, 6) is -1.60. The average Bonchev–Trinajstić information content (AvgIpc) is 3.14. The molecule has 35 heavy (non-hydrogen) atoms. The van der Waals surface area contributed by atoms with E-state index < -0.39 is 17.7 Å². The molecule has 0 fully saturated rings. The van der Waals surface area contributed by atoms with Gasteiger partial charge in [-0.3, -0.25) is 19.3 Å². The molecule has 6 heteroatoms. The summed E-state index contributed by atoms with van der Waals surface area (Å²) < 4.78 is 0. The van der Waals surface area contributed by atoms with Crippen LogP contribution in [0, 0.1) is 0 Å². The Morgan fingerprint density at radius 2 is 1.57 bits per heavy atom. The van der Waals surface area contributed by atoms with E-state index in [1.165, 1.54) is 11.8 Å². The molecule has 1 aliphatic rings. The van der Waals surface area contributed by atoms with Crippen molar-refractivity contribution in [2.45, 2.75) is 39.2 Å². The molecule has 0 radical (unpaired) electrons. The molecular weight excluding hydrogens is 440 g/mol. The van der Waals surface area contributed by atoms with Crippen molar-refractivity contribution in [3.8, 4) is 0 Å². The van der Waals surface area contributed by atoms with Crippen molar-refractivity contribution in [3.05, 3.63) is 107 Å². The van der Waals surface area contributed by atoms with Gasteiger partial charge in [-0.25, -0.2) is 0 Å². The summed E-state index contributed by atoms with van der Waals surface area (Å²) >= 11 is 0. The van der Waals surface area contributed by atoms with Gasteiger partial charge in [0.25, 0.3) is 5.91 Å². The van der Waals surface area contributed by atoms with Crippen LogP contribution in [0.15, 0.2) is 90.2 Å². The largest absolute Gasteiger partial charge is 0.503 e. The highest BCUT2D eigenvalue weighted by molar-refractivity contribution is 6.16. The van der Waals surface area contributed by atoms with Gasteiger partial charge < -0.3 is 10.4 Å². The molecule has 0 spiro atoms. The lowest BCUT2D eigenvalue weighted by molar-refractivity contribution is -0.118. The van der Waals surface area contributed by atoms with Gasteiger partial charge in [-0.05, 0) is 53.8 Å². The number of nitrogens with one attached hydrogen (secondary N) is 1. The second-order valence-electron chi connectivity index (χ2n) is 8.57. The van der Waals surface area contributed by atoms with Gasteiger partial charge in [-0.2, -0.15) is 0 Å². The molecule has 0 saturated heterocycles. The van der Waals surface area contributed by atoms with Crippen LogP contribution in [-0.4, -0.2) is 22.7 Å². The molecule has 3 aromatic rings. The van der Waals surface area contributed by atoms with Crippen molar-refractivity contribution in [2.75, 3.05) is 10.2 Å². The number of ketones is 1. The van der Waals surface area contributed by atoms with Crippen LogP contribution < -0.4 is 10.2 Å². The van der Waals surface area contributed by atoms with Gasteiger partial charge in [0.2, 0.25) is 5.91 Å². The van der Waals surface area contributed by atoms with Crippen molar-refractivity contribution < 1.29 is 19.5 Å². The molecule has 0 saturated carbocycles.